The zero-order valence-electron chi connectivity index (χ0n) is 12.9. The summed E-state index contributed by atoms with van der Waals surface area (Å²) in [5.41, 5.74) is -0.788. The van der Waals surface area contributed by atoms with Crippen molar-refractivity contribution in [1.82, 2.24) is 5.32 Å². The predicted octanol–water partition coefficient (Wildman–Crippen LogP) is 1.61. The summed E-state index contributed by atoms with van der Waals surface area (Å²) in [5.74, 6) is -1.18. The molecule has 0 saturated carbocycles. The minimum absolute atomic E-state index is 0.163. The summed E-state index contributed by atoms with van der Waals surface area (Å²) in [5, 5.41) is 32.3. The lowest BCUT2D eigenvalue weighted by Gasteiger charge is -2.13. The van der Waals surface area contributed by atoms with Crippen molar-refractivity contribution in [3.8, 4) is 11.5 Å². The van der Waals surface area contributed by atoms with Gasteiger partial charge in [0.15, 0.2) is 0 Å². The topological polar surface area (TPSA) is 122 Å². The fourth-order valence-corrected chi connectivity index (χ4v) is 1.95. The number of nitrogens with one attached hydrogen (secondary N) is 1. The van der Waals surface area contributed by atoms with E-state index in [1.54, 1.807) is 0 Å². The second-order valence-electron chi connectivity index (χ2n) is 5.09. The van der Waals surface area contributed by atoms with Crippen LogP contribution < -0.4 is 10.1 Å². The molecular formula is C16H15FN2O6. The Hall–Kier alpha value is -3.20. The van der Waals surface area contributed by atoms with Crippen molar-refractivity contribution >= 4 is 11.6 Å². The van der Waals surface area contributed by atoms with Crippen molar-refractivity contribution in [2.24, 2.45) is 0 Å². The van der Waals surface area contributed by atoms with Crippen molar-refractivity contribution in [2.45, 2.75) is 6.10 Å². The van der Waals surface area contributed by atoms with Crippen molar-refractivity contribution < 1.29 is 29.1 Å². The Bertz CT molecular complexity index is 766. The van der Waals surface area contributed by atoms with Gasteiger partial charge in [-0.1, -0.05) is 0 Å². The van der Waals surface area contributed by atoms with Crippen molar-refractivity contribution in [3.05, 3.63) is 64.0 Å². The number of halogens is 1. The van der Waals surface area contributed by atoms with Gasteiger partial charge in [0.25, 0.3) is 11.6 Å². The highest BCUT2D eigenvalue weighted by atomic mass is 19.1. The minimum Gasteiger partial charge on any atom is -0.508 e. The molecule has 3 N–H and O–H groups in total. The van der Waals surface area contributed by atoms with E-state index in [1.165, 1.54) is 24.3 Å². The molecule has 2 rings (SSSR count). The normalized spacial score (nSPS) is 11.6. The van der Waals surface area contributed by atoms with Gasteiger partial charge in [0.1, 0.15) is 35.6 Å². The number of aromatic hydroxyl groups is 1. The van der Waals surface area contributed by atoms with Crippen LogP contribution in [0.3, 0.4) is 0 Å². The summed E-state index contributed by atoms with van der Waals surface area (Å²) >= 11 is 0. The fourth-order valence-electron chi connectivity index (χ4n) is 1.95. The number of phenols is 1. The van der Waals surface area contributed by atoms with Crippen LogP contribution in [-0.4, -0.2) is 40.3 Å². The van der Waals surface area contributed by atoms with Gasteiger partial charge in [0.05, 0.1) is 11.0 Å². The van der Waals surface area contributed by atoms with Gasteiger partial charge < -0.3 is 20.3 Å². The maximum atomic E-state index is 12.8. The second-order valence-corrected chi connectivity index (χ2v) is 5.09. The van der Waals surface area contributed by atoms with Crippen LogP contribution in [0.25, 0.3) is 0 Å². The fraction of sp³-hybridized carbons (Fsp3) is 0.188. The van der Waals surface area contributed by atoms with E-state index >= 15 is 0 Å². The van der Waals surface area contributed by atoms with E-state index in [9.17, 15) is 29.5 Å². The molecule has 0 aromatic heterocycles. The van der Waals surface area contributed by atoms with Gasteiger partial charge in [-0.15, -0.1) is 0 Å². The van der Waals surface area contributed by atoms with Crippen molar-refractivity contribution in [2.75, 3.05) is 13.2 Å². The Balaban J connectivity index is 1.89. The molecule has 0 bridgehead atoms. The summed E-state index contributed by atoms with van der Waals surface area (Å²) in [6, 6.07) is 8.31. The SMILES string of the molecule is O=C(NC[C@H](O)COc1ccc(F)cc1)c1ccc(O)cc1[N+](=O)[O-]. The molecule has 8 nitrogen and oxygen atoms in total. The first-order valence-corrected chi connectivity index (χ1v) is 7.19. The number of ether oxygens (including phenoxy) is 1. The molecule has 0 heterocycles. The van der Waals surface area contributed by atoms with Gasteiger partial charge in [0.2, 0.25) is 0 Å². The molecule has 25 heavy (non-hydrogen) atoms. The number of hydrogen-bond acceptors (Lipinski definition) is 6. The van der Waals surface area contributed by atoms with E-state index in [0.717, 1.165) is 18.2 Å². The Morgan fingerprint density at radius 3 is 2.60 bits per heavy atom. The number of phenolic OH excluding ortho intramolecular Hbond substituents is 1. The Morgan fingerprint density at radius 2 is 1.96 bits per heavy atom. The number of nitrogens with zero attached hydrogens (tertiary/aromatic N) is 1. The summed E-state index contributed by atoms with van der Waals surface area (Å²) < 4.78 is 18.0. The van der Waals surface area contributed by atoms with E-state index in [4.69, 9.17) is 4.74 Å². The molecule has 9 heteroatoms. The van der Waals surface area contributed by atoms with E-state index in [-0.39, 0.29) is 24.5 Å². The lowest BCUT2D eigenvalue weighted by Crippen LogP contribution is -2.35. The first kappa shape index (κ1) is 18.1. The zero-order chi connectivity index (χ0) is 18.4. The van der Waals surface area contributed by atoms with Gasteiger partial charge >= 0.3 is 0 Å². The Kier molecular flexibility index (Phi) is 5.85. The molecule has 0 unspecified atom stereocenters. The lowest BCUT2D eigenvalue weighted by molar-refractivity contribution is -0.385. The predicted molar refractivity (Wildman–Crippen MR) is 85.0 cm³/mol. The molecule has 2 aromatic carbocycles. The largest absolute Gasteiger partial charge is 0.508 e. The van der Waals surface area contributed by atoms with Crippen LogP contribution in [0.4, 0.5) is 10.1 Å². The number of rotatable bonds is 7. The molecule has 1 atom stereocenters. The average Bonchev–Trinajstić information content (AvgIpc) is 2.59. The first-order chi connectivity index (χ1) is 11.9. The summed E-state index contributed by atoms with van der Waals surface area (Å²) in [6.07, 6.45) is -1.08. The van der Waals surface area contributed by atoms with Crippen molar-refractivity contribution in [1.29, 1.82) is 0 Å². The quantitative estimate of drug-likeness (QED) is 0.515. The minimum atomic E-state index is -1.08. The first-order valence-electron chi connectivity index (χ1n) is 7.19. The molecule has 0 aliphatic rings. The number of carbonyl (C=O) groups is 1. The molecule has 0 aliphatic heterocycles. The molecule has 132 valence electrons. The molecule has 0 spiro atoms. The van der Waals surface area contributed by atoms with Gasteiger partial charge in [-0.3, -0.25) is 14.9 Å². The van der Waals surface area contributed by atoms with E-state index < -0.39 is 28.4 Å². The third kappa shape index (κ3) is 5.15. The smallest absolute Gasteiger partial charge is 0.285 e. The van der Waals surface area contributed by atoms with Crippen LogP contribution in [0, 0.1) is 15.9 Å². The number of aliphatic hydroxyl groups excluding tert-OH is 1. The number of hydrogen-bond donors (Lipinski definition) is 3. The summed E-state index contributed by atoms with van der Waals surface area (Å²) in [7, 11) is 0. The summed E-state index contributed by atoms with van der Waals surface area (Å²) in [4.78, 5) is 22.1. The van der Waals surface area contributed by atoms with E-state index in [2.05, 4.69) is 5.32 Å². The standard InChI is InChI=1S/C16H15FN2O6/c17-10-1-4-13(5-2-10)25-9-12(21)8-18-16(22)14-6-3-11(20)7-15(14)19(23)24/h1-7,12,20-21H,8-9H2,(H,18,22)/t12-/m0/s1. The highest BCUT2D eigenvalue weighted by Gasteiger charge is 2.21. The zero-order valence-corrected chi connectivity index (χ0v) is 12.9. The van der Waals surface area contributed by atoms with Gasteiger partial charge in [-0.2, -0.15) is 0 Å². The van der Waals surface area contributed by atoms with Crippen LogP contribution in [0.5, 0.6) is 11.5 Å². The third-order valence-electron chi connectivity index (χ3n) is 3.18. The number of aliphatic hydroxyl groups is 1. The number of amides is 1. The monoisotopic (exact) mass is 350 g/mol. The number of benzene rings is 2. The van der Waals surface area contributed by atoms with Gasteiger partial charge in [-0.05, 0) is 36.4 Å². The molecule has 0 saturated heterocycles. The van der Waals surface area contributed by atoms with Crippen LogP contribution in [0.2, 0.25) is 0 Å². The van der Waals surface area contributed by atoms with Crippen LogP contribution in [-0.2, 0) is 0 Å². The van der Waals surface area contributed by atoms with Gasteiger partial charge in [-0.25, -0.2) is 4.39 Å². The molecule has 0 fully saturated rings. The Labute approximate surface area is 141 Å². The number of nitro benzene ring substituents is 1. The molecule has 2 aromatic rings. The van der Waals surface area contributed by atoms with Crippen LogP contribution in [0.1, 0.15) is 10.4 Å². The van der Waals surface area contributed by atoms with Gasteiger partial charge in [0, 0.05) is 6.54 Å². The number of nitro groups is 1. The van der Waals surface area contributed by atoms with E-state index in [1.807, 2.05) is 0 Å². The Morgan fingerprint density at radius 1 is 1.28 bits per heavy atom. The molecule has 0 radical (unpaired) electrons. The summed E-state index contributed by atoms with van der Waals surface area (Å²) in [6.45, 7) is -0.373. The number of carbonyl (C=O) groups excluding carboxylic acids is 1. The molecule has 0 aliphatic carbocycles. The molecule has 1 amide bonds. The third-order valence-corrected chi connectivity index (χ3v) is 3.18. The second kappa shape index (κ2) is 8.06. The maximum absolute atomic E-state index is 12.8. The maximum Gasteiger partial charge on any atom is 0.285 e. The van der Waals surface area contributed by atoms with Crippen LogP contribution in [0.15, 0.2) is 42.5 Å². The van der Waals surface area contributed by atoms with Crippen LogP contribution >= 0.6 is 0 Å². The van der Waals surface area contributed by atoms with E-state index in [0.29, 0.717) is 5.75 Å². The lowest BCUT2D eigenvalue weighted by atomic mass is 10.1. The highest BCUT2D eigenvalue weighted by Crippen LogP contribution is 2.23. The average molecular weight is 350 g/mol. The highest BCUT2D eigenvalue weighted by molar-refractivity contribution is 5.98. The van der Waals surface area contributed by atoms with Crippen molar-refractivity contribution in [3.63, 3.8) is 0 Å². The molecular weight excluding hydrogens is 335 g/mol.